The second-order valence-electron chi connectivity index (χ2n) is 7.51. The van der Waals surface area contributed by atoms with Crippen molar-refractivity contribution in [3.8, 4) is 17.3 Å². The third-order valence-corrected chi connectivity index (χ3v) is 5.56. The van der Waals surface area contributed by atoms with E-state index in [1.807, 2.05) is 55.5 Å². The Kier molecular flexibility index (Phi) is 5.58. The lowest BCUT2D eigenvalue weighted by Crippen LogP contribution is -2.28. The average Bonchev–Trinajstić information content (AvgIpc) is 2.79. The predicted octanol–water partition coefficient (Wildman–Crippen LogP) is 6.17. The average molecular weight is 432 g/mol. The van der Waals surface area contributed by atoms with E-state index in [0.717, 1.165) is 28.0 Å². The molecule has 4 aromatic rings. The number of hydrogen-bond donors (Lipinski definition) is 0. The van der Waals surface area contributed by atoms with Gasteiger partial charge in [-0.3, -0.25) is 4.79 Å². The van der Waals surface area contributed by atoms with Gasteiger partial charge in [0.05, 0.1) is 17.8 Å². The van der Waals surface area contributed by atoms with E-state index in [1.54, 1.807) is 18.2 Å². The number of fused-ring (bicyclic) bond motifs is 1. The van der Waals surface area contributed by atoms with Crippen molar-refractivity contribution in [2.45, 2.75) is 26.1 Å². The molecule has 0 bridgehead atoms. The number of nitrogens with zero attached hydrogens (tertiary/aromatic N) is 2. The molecular formula is C26H19F3N2O. The molecule has 0 aliphatic rings. The van der Waals surface area contributed by atoms with Crippen molar-refractivity contribution in [1.82, 2.24) is 4.57 Å². The Labute approximate surface area is 183 Å². The van der Waals surface area contributed by atoms with Crippen LogP contribution >= 0.6 is 0 Å². The van der Waals surface area contributed by atoms with Crippen LogP contribution in [0.1, 0.15) is 29.2 Å². The molecule has 1 aromatic heterocycles. The zero-order valence-electron chi connectivity index (χ0n) is 17.3. The van der Waals surface area contributed by atoms with E-state index < -0.39 is 22.9 Å². The normalized spacial score (nSPS) is 11.5. The number of rotatable bonds is 4. The van der Waals surface area contributed by atoms with Gasteiger partial charge in [-0.1, -0.05) is 67.6 Å². The van der Waals surface area contributed by atoms with Crippen molar-refractivity contribution >= 4 is 10.8 Å². The van der Waals surface area contributed by atoms with E-state index in [0.29, 0.717) is 12.0 Å². The van der Waals surface area contributed by atoms with Gasteiger partial charge in [0.2, 0.25) is 0 Å². The van der Waals surface area contributed by atoms with Crippen LogP contribution in [-0.4, -0.2) is 4.57 Å². The van der Waals surface area contributed by atoms with Gasteiger partial charge in [-0.2, -0.15) is 18.4 Å². The maximum Gasteiger partial charge on any atom is 0.417 e. The molecule has 0 fully saturated rings. The molecular weight excluding hydrogens is 413 g/mol. The molecule has 1 heterocycles. The zero-order valence-corrected chi connectivity index (χ0v) is 17.3. The minimum absolute atomic E-state index is 0.0404. The first-order valence-corrected chi connectivity index (χ1v) is 10.1. The molecule has 0 amide bonds. The monoisotopic (exact) mass is 432 g/mol. The Balaban J connectivity index is 2.02. The molecule has 0 radical (unpaired) electrons. The van der Waals surface area contributed by atoms with Crippen LogP contribution in [0.4, 0.5) is 13.2 Å². The second-order valence-corrected chi connectivity index (χ2v) is 7.51. The summed E-state index contributed by atoms with van der Waals surface area (Å²) < 4.78 is 42.4. The number of hydrogen-bond acceptors (Lipinski definition) is 2. The van der Waals surface area contributed by atoms with Gasteiger partial charge in [-0.15, -0.1) is 0 Å². The maximum absolute atomic E-state index is 13.7. The molecule has 32 heavy (non-hydrogen) atoms. The fourth-order valence-electron chi connectivity index (χ4n) is 3.93. The summed E-state index contributed by atoms with van der Waals surface area (Å²) in [6, 6.07) is 22.7. The molecule has 0 aliphatic heterocycles. The highest BCUT2D eigenvalue weighted by Gasteiger charge is 2.36. The van der Waals surface area contributed by atoms with Gasteiger partial charge in [0.25, 0.3) is 5.56 Å². The zero-order chi connectivity index (χ0) is 22.9. The summed E-state index contributed by atoms with van der Waals surface area (Å²) in [6.07, 6.45) is -4.12. The van der Waals surface area contributed by atoms with Gasteiger partial charge in [-0.05, 0) is 46.0 Å². The van der Waals surface area contributed by atoms with Crippen molar-refractivity contribution in [1.29, 1.82) is 5.26 Å². The van der Waals surface area contributed by atoms with E-state index >= 15 is 0 Å². The third-order valence-electron chi connectivity index (χ3n) is 5.56. The Morgan fingerprint density at radius 3 is 2.41 bits per heavy atom. The summed E-state index contributed by atoms with van der Waals surface area (Å²) in [5, 5.41) is 11.3. The molecule has 6 heteroatoms. The van der Waals surface area contributed by atoms with E-state index in [4.69, 9.17) is 0 Å². The molecule has 0 saturated carbocycles. The first kappa shape index (κ1) is 21.4. The van der Waals surface area contributed by atoms with Gasteiger partial charge in [-0.25, -0.2) is 0 Å². The highest BCUT2D eigenvalue weighted by atomic mass is 19.4. The Hall–Kier alpha value is -3.85. The Morgan fingerprint density at radius 1 is 0.969 bits per heavy atom. The van der Waals surface area contributed by atoms with Gasteiger partial charge in [0.1, 0.15) is 11.6 Å². The van der Waals surface area contributed by atoms with Crippen LogP contribution in [0.15, 0.2) is 77.6 Å². The van der Waals surface area contributed by atoms with Crippen LogP contribution in [0.5, 0.6) is 0 Å². The first-order valence-electron chi connectivity index (χ1n) is 10.1. The molecule has 3 nitrogen and oxygen atoms in total. The van der Waals surface area contributed by atoms with Crippen molar-refractivity contribution in [3.63, 3.8) is 0 Å². The predicted molar refractivity (Wildman–Crippen MR) is 118 cm³/mol. The lowest BCUT2D eigenvalue weighted by atomic mass is 10.0. The van der Waals surface area contributed by atoms with Crippen molar-refractivity contribution in [2.75, 3.05) is 0 Å². The van der Waals surface area contributed by atoms with Gasteiger partial charge >= 0.3 is 6.18 Å². The number of pyridine rings is 1. The fraction of sp³-hybridized carbons (Fsp3) is 0.154. The first-order chi connectivity index (χ1) is 15.3. The van der Waals surface area contributed by atoms with Crippen LogP contribution in [0.3, 0.4) is 0 Å². The Bertz CT molecular complexity index is 1410. The van der Waals surface area contributed by atoms with Crippen molar-refractivity contribution in [3.05, 3.63) is 105 Å². The fourth-order valence-corrected chi connectivity index (χ4v) is 3.93. The molecule has 0 saturated heterocycles. The molecule has 0 spiro atoms. The largest absolute Gasteiger partial charge is 0.417 e. The number of halogens is 3. The molecule has 0 aliphatic carbocycles. The smallest absolute Gasteiger partial charge is 0.303 e. The number of aromatic nitrogens is 1. The Morgan fingerprint density at radius 2 is 1.69 bits per heavy atom. The summed E-state index contributed by atoms with van der Waals surface area (Å²) in [5.74, 6) is 0. The maximum atomic E-state index is 13.7. The molecule has 160 valence electrons. The van der Waals surface area contributed by atoms with Crippen LogP contribution in [0.2, 0.25) is 0 Å². The van der Waals surface area contributed by atoms with E-state index in [2.05, 4.69) is 0 Å². The van der Waals surface area contributed by atoms with Gasteiger partial charge < -0.3 is 4.57 Å². The molecule has 0 unspecified atom stereocenters. The van der Waals surface area contributed by atoms with E-state index in [9.17, 15) is 23.2 Å². The quantitative estimate of drug-likeness (QED) is 0.387. The van der Waals surface area contributed by atoms with Crippen LogP contribution in [0, 0.1) is 11.3 Å². The van der Waals surface area contributed by atoms with Crippen molar-refractivity contribution < 1.29 is 13.2 Å². The van der Waals surface area contributed by atoms with E-state index in [-0.39, 0.29) is 12.2 Å². The van der Waals surface area contributed by atoms with Crippen molar-refractivity contribution in [2.24, 2.45) is 0 Å². The highest BCUT2D eigenvalue weighted by Crippen LogP contribution is 2.34. The summed E-state index contributed by atoms with van der Waals surface area (Å²) in [4.78, 5) is 13.2. The number of benzene rings is 3. The van der Waals surface area contributed by atoms with E-state index in [1.165, 1.54) is 10.6 Å². The molecule has 4 rings (SSSR count). The molecule has 3 aromatic carbocycles. The van der Waals surface area contributed by atoms with Gasteiger partial charge in [0.15, 0.2) is 0 Å². The lowest BCUT2D eigenvalue weighted by molar-refractivity contribution is -0.137. The minimum atomic E-state index is -4.82. The minimum Gasteiger partial charge on any atom is -0.303 e. The summed E-state index contributed by atoms with van der Waals surface area (Å²) >= 11 is 0. The molecule has 0 N–H and O–H groups in total. The SMILES string of the molecule is CCc1cccc(-c2cc(C(F)(F)F)c(C#N)c(=O)n2Cc2cccc3ccccc23)c1. The van der Waals surface area contributed by atoms with Crippen LogP contribution < -0.4 is 5.56 Å². The van der Waals surface area contributed by atoms with Crippen LogP contribution in [0.25, 0.3) is 22.0 Å². The summed E-state index contributed by atoms with van der Waals surface area (Å²) in [5.41, 5.74) is -0.719. The van der Waals surface area contributed by atoms with Gasteiger partial charge in [0, 0.05) is 0 Å². The van der Waals surface area contributed by atoms with Crippen LogP contribution in [-0.2, 0) is 19.1 Å². The lowest BCUT2D eigenvalue weighted by Gasteiger charge is -2.19. The number of aryl methyl sites for hydroxylation is 1. The number of nitriles is 1. The topological polar surface area (TPSA) is 45.8 Å². The third kappa shape index (κ3) is 3.90. The second kappa shape index (κ2) is 8.35. The highest BCUT2D eigenvalue weighted by molar-refractivity contribution is 5.85. The molecule has 0 atom stereocenters. The standard InChI is InChI=1S/C26H19F3N2O/c1-2-17-7-5-10-19(13-17)24-14-23(26(27,28)29)22(15-30)25(32)31(24)16-20-11-6-9-18-8-3-4-12-21(18)20/h3-14H,2,16H2,1H3. The number of alkyl halides is 3. The summed E-state index contributed by atoms with van der Waals surface area (Å²) in [7, 11) is 0. The summed E-state index contributed by atoms with van der Waals surface area (Å²) in [6.45, 7) is 1.99.